The van der Waals surface area contributed by atoms with Crippen LogP contribution in [0.4, 0.5) is 0 Å². The molecule has 0 saturated carbocycles. The summed E-state index contributed by atoms with van der Waals surface area (Å²) >= 11 is 0. The Morgan fingerprint density at radius 3 is 2.19 bits per heavy atom. The third kappa shape index (κ3) is 3.35. The van der Waals surface area contributed by atoms with E-state index in [0.29, 0.717) is 0 Å². The van der Waals surface area contributed by atoms with Gasteiger partial charge in [-0.1, -0.05) is 0 Å². The van der Waals surface area contributed by atoms with Crippen molar-refractivity contribution < 1.29 is 50.0 Å². The van der Waals surface area contributed by atoms with Gasteiger partial charge >= 0.3 is 0 Å². The van der Waals surface area contributed by atoms with Gasteiger partial charge in [-0.15, -0.1) is 0 Å². The quantitative estimate of drug-likeness (QED) is 0.268. The van der Waals surface area contributed by atoms with Crippen LogP contribution in [0.3, 0.4) is 0 Å². The van der Waals surface area contributed by atoms with Gasteiger partial charge in [0.15, 0.2) is 12.6 Å². The first-order valence-corrected chi connectivity index (χ1v) is 6.48. The molecule has 0 spiro atoms. The highest BCUT2D eigenvalue weighted by Crippen LogP contribution is 2.26. The van der Waals surface area contributed by atoms with E-state index in [2.05, 4.69) is 0 Å². The average Bonchev–Trinajstić information content (AvgIpc) is 2.47. The zero-order valence-electron chi connectivity index (χ0n) is 11.0. The van der Waals surface area contributed by atoms with Gasteiger partial charge in [0.1, 0.15) is 42.7 Å². The highest BCUT2D eigenvalue weighted by molar-refractivity contribution is 4.91. The zero-order valence-corrected chi connectivity index (χ0v) is 11.0. The molecule has 21 heavy (non-hydrogen) atoms. The molecule has 0 unspecified atom stereocenters. The Bertz CT molecular complexity index is 341. The molecule has 0 aromatic carbocycles. The summed E-state index contributed by atoms with van der Waals surface area (Å²) in [6.07, 6.45) is -13.3. The minimum absolute atomic E-state index is 0.315. The van der Waals surface area contributed by atoms with Crippen molar-refractivity contribution in [1.82, 2.24) is 0 Å². The normalized spacial score (nSPS) is 51.9. The molecule has 2 heterocycles. The predicted molar refractivity (Wildman–Crippen MR) is 62.6 cm³/mol. The number of aliphatic hydroxyl groups excluding tert-OH is 7. The number of aliphatic hydroxyl groups is 7. The lowest BCUT2D eigenvalue weighted by molar-refractivity contribution is -0.349. The largest absolute Gasteiger partial charge is 0.394 e. The predicted octanol–water partition coefficient (Wildman–Crippen LogP) is -4.76. The lowest BCUT2D eigenvalue weighted by Gasteiger charge is -2.43. The van der Waals surface area contributed by atoms with Gasteiger partial charge in [-0.05, 0) is 0 Å². The molecule has 2 fully saturated rings. The summed E-state index contributed by atoms with van der Waals surface area (Å²) in [6.45, 7) is -0.931. The first-order valence-electron chi connectivity index (χ1n) is 6.48. The summed E-state index contributed by atoms with van der Waals surface area (Å²) in [7, 11) is 0. The second-order valence-electron chi connectivity index (χ2n) is 5.08. The maximum absolute atomic E-state index is 9.87. The number of hydrogen-bond acceptors (Lipinski definition) is 10. The Morgan fingerprint density at radius 2 is 1.57 bits per heavy atom. The molecule has 2 rings (SSSR count). The van der Waals surface area contributed by atoms with Crippen LogP contribution in [0.5, 0.6) is 0 Å². The van der Waals surface area contributed by atoms with E-state index >= 15 is 0 Å². The van der Waals surface area contributed by atoms with Crippen LogP contribution in [0, 0.1) is 0 Å². The summed E-state index contributed by atoms with van der Waals surface area (Å²) < 4.78 is 15.0. The lowest BCUT2D eigenvalue weighted by atomic mass is 9.98. The van der Waals surface area contributed by atoms with Crippen molar-refractivity contribution in [2.75, 3.05) is 13.2 Å². The maximum atomic E-state index is 9.87. The van der Waals surface area contributed by atoms with E-state index in [-0.39, 0.29) is 6.61 Å². The van der Waals surface area contributed by atoms with Crippen molar-refractivity contribution in [3.8, 4) is 0 Å². The molecule has 7 N–H and O–H groups in total. The summed E-state index contributed by atoms with van der Waals surface area (Å²) in [5.74, 6) is 0. The topological polar surface area (TPSA) is 169 Å². The van der Waals surface area contributed by atoms with E-state index < -0.39 is 61.9 Å². The van der Waals surface area contributed by atoms with Crippen LogP contribution >= 0.6 is 0 Å². The van der Waals surface area contributed by atoms with Gasteiger partial charge in [0.25, 0.3) is 0 Å². The van der Waals surface area contributed by atoms with Crippen molar-refractivity contribution in [2.45, 2.75) is 55.3 Å². The SMILES string of the molecule is OC[C@H]1O[C@H](O)[C@@H](O[C@@H]2OC[C@@H](O)[C@H](O)[C@H]2O)[C@@H](O)[C@@H]1O. The third-order valence-electron chi connectivity index (χ3n) is 3.59. The fourth-order valence-electron chi connectivity index (χ4n) is 2.27. The minimum atomic E-state index is -1.68. The molecule has 0 aromatic heterocycles. The lowest BCUT2D eigenvalue weighted by Crippen LogP contribution is -2.62. The monoisotopic (exact) mass is 312 g/mol. The second-order valence-corrected chi connectivity index (χ2v) is 5.08. The first kappa shape index (κ1) is 17.0. The molecule has 2 aliphatic heterocycles. The maximum Gasteiger partial charge on any atom is 0.186 e. The average molecular weight is 312 g/mol. The molecule has 0 aromatic rings. The Morgan fingerprint density at radius 1 is 0.905 bits per heavy atom. The first-order chi connectivity index (χ1) is 9.86. The molecule has 0 radical (unpaired) electrons. The molecule has 2 saturated heterocycles. The molecule has 10 heteroatoms. The van der Waals surface area contributed by atoms with Gasteiger partial charge in [-0.25, -0.2) is 0 Å². The smallest absolute Gasteiger partial charge is 0.186 e. The Balaban J connectivity index is 2.01. The van der Waals surface area contributed by atoms with Gasteiger partial charge in [0.05, 0.1) is 13.2 Å². The molecule has 9 atom stereocenters. The second kappa shape index (κ2) is 6.79. The van der Waals surface area contributed by atoms with E-state index in [1.165, 1.54) is 0 Å². The van der Waals surface area contributed by atoms with Gasteiger partial charge in [-0.3, -0.25) is 0 Å². The minimum Gasteiger partial charge on any atom is -0.394 e. The van der Waals surface area contributed by atoms with E-state index in [4.69, 9.17) is 19.3 Å². The van der Waals surface area contributed by atoms with Gasteiger partial charge in [-0.2, -0.15) is 0 Å². The Labute approximate surface area is 119 Å². The molecular weight excluding hydrogens is 292 g/mol. The third-order valence-corrected chi connectivity index (χ3v) is 3.59. The van der Waals surface area contributed by atoms with Crippen molar-refractivity contribution in [1.29, 1.82) is 0 Å². The standard InChI is InChI=1S/C11H20O10/c12-1-4-6(15)7(16)9(10(18)20-4)21-11-8(17)5(14)3(13)2-19-11/h3-18H,1-2H2/t3-,4-,5+,6-,7+,8-,9+,10+,11+/m1/s1. The zero-order chi connectivity index (χ0) is 15.7. The van der Waals surface area contributed by atoms with Gasteiger partial charge in [0, 0.05) is 0 Å². The van der Waals surface area contributed by atoms with Crippen LogP contribution in [0.25, 0.3) is 0 Å². The molecule has 0 amide bonds. The van der Waals surface area contributed by atoms with Crippen molar-refractivity contribution in [3.05, 3.63) is 0 Å². The highest BCUT2D eigenvalue weighted by Gasteiger charge is 2.48. The molecule has 10 nitrogen and oxygen atoms in total. The van der Waals surface area contributed by atoms with Crippen molar-refractivity contribution in [2.24, 2.45) is 0 Å². The summed E-state index contributed by atoms with van der Waals surface area (Å²) in [5.41, 5.74) is 0. The molecule has 124 valence electrons. The van der Waals surface area contributed by atoms with Crippen LogP contribution in [-0.2, 0) is 14.2 Å². The summed E-state index contributed by atoms with van der Waals surface area (Å²) in [4.78, 5) is 0. The molecule has 2 aliphatic rings. The number of ether oxygens (including phenoxy) is 3. The number of hydrogen-bond donors (Lipinski definition) is 7. The molecule has 0 aliphatic carbocycles. The van der Waals surface area contributed by atoms with Crippen molar-refractivity contribution in [3.63, 3.8) is 0 Å². The highest BCUT2D eigenvalue weighted by atomic mass is 16.7. The van der Waals surface area contributed by atoms with E-state index in [0.717, 1.165) is 0 Å². The van der Waals surface area contributed by atoms with Gasteiger partial charge < -0.3 is 50.0 Å². The van der Waals surface area contributed by atoms with Gasteiger partial charge in [0.2, 0.25) is 0 Å². The van der Waals surface area contributed by atoms with E-state index in [1.807, 2.05) is 0 Å². The van der Waals surface area contributed by atoms with E-state index in [9.17, 15) is 30.6 Å². The van der Waals surface area contributed by atoms with Crippen LogP contribution in [-0.4, -0.2) is 104 Å². The summed E-state index contributed by atoms with van der Waals surface area (Å²) in [6, 6.07) is 0. The van der Waals surface area contributed by atoms with Crippen molar-refractivity contribution >= 4 is 0 Å². The van der Waals surface area contributed by atoms with Crippen LogP contribution < -0.4 is 0 Å². The summed E-state index contributed by atoms with van der Waals surface area (Å²) in [5, 5.41) is 66.7. The van der Waals surface area contributed by atoms with Crippen LogP contribution in [0.15, 0.2) is 0 Å². The van der Waals surface area contributed by atoms with Crippen LogP contribution in [0.1, 0.15) is 0 Å². The molecular formula is C11H20O10. The van der Waals surface area contributed by atoms with E-state index in [1.54, 1.807) is 0 Å². The Kier molecular flexibility index (Phi) is 5.48. The Hall–Kier alpha value is -0.400. The van der Waals surface area contributed by atoms with Crippen LogP contribution in [0.2, 0.25) is 0 Å². The fourth-order valence-corrected chi connectivity index (χ4v) is 2.27. The fraction of sp³-hybridized carbons (Fsp3) is 1.00. The molecule has 0 bridgehead atoms. The number of rotatable bonds is 3.